The molecule has 1 aromatic rings. The summed E-state index contributed by atoms with van der Waals surface area (Å²) in [4.78, 5) is 15.7. The Bertz CT molecular complexity index is 379. The predicted molar refractivity (Wildman–Crippen MR) is 79.9 cm³/mol. The van der Waals surface area contributed by atoms with Crippen molar-refractivity contribution < 1.29 is 4.79 Å². The van der Waals surface area contributed by atoms with Crippen LogP contribution in [-0.4, -0.2) is 10.9 Å². The van der Waals surface area contributed by atoms with Crippen LogP contribution in [0.1, 0.15) is 58.3 Å². The number of aromatic nitrogens is 1. The fourth-order valence-corrected chi connectivity index (χ4v) is 1.96. The predicted octanol–water partition coefficient (Wildman–Crippen LogP) is 3.74. The zero-order chi connectivity index (χ0) is 13.9. The number of pyridine rings is 1. The maximum absolute atomic E-state index is 11.7. The Morgan fingerprint density at radius 3 is 2.58 bits per heavy atom. The van der Waals surface area contributed by atoms with Crippen molar-refractivity contribution in [3.8, 4) is 0 Å². The summed E-state index contributed by atoms with van der Waals surface area (Å²) < 4.78 is 0. The molecule has 1 heterocycles. The molecule has 0 saturated carbocycles. The highest BCUT2D eigenvalue weighted by molar-refractivity contribution is 5.92. The van der Waals surface area contributed by atoms with E-state index in [1.807, 2.05) is 0 Å². The van der Waals surface area contributed by atoms with E-state index >= 15 is 0 Å². The number of nitrogens with zero attached hydrogens (tertiary/aromatic N) is 1. The maximum Gasteiger partial charge on any atom is 0.225 e. The summed E-state index contributed by atoms with van der Waals surface area (Å²) in [6, 6.07) is 3.48. The van der Waals surface area contributed by atoms with E-state index in [0.29, 0.717) is 17.9 Å². The summed E-state index contributed by atoms with van der Waals surface area (Å²) in [5.74, 6) is 0.467. The molecule has 0 radical (unpaired) electrons. The summed E-state index contributed by atoms with van der Waals surface area (Å²) in [5, 5.41) is 2.75. The molecule has 0 unspecified atom stereocenters. The number of carbonyl (C=O) groups is 1. The van der Waals surface area contributed by atoms with Crippen molar-refractivity contribution >= 4 is 17.4 Å². The van der Waals surface area contributed by atoms with Crippen LogP contribution in [0, 0.1) is 0 Å². The Morgan fingerprint density at radius 2 is 1.89 bits per heavy atom. The molecule has 0 atom stereocenters. The van der Waals surface area contributed by atoms with Crippen LogP contribution in [0.5, 0.6) is 0 Å². The summed E-state index contributed by atoms with van der Waals surface area (Å²) in [6.07, 6.45) is 10.6. The molecule has 0 spiro atoms. The molecule has 106 valence electrons. The normalized spacial score (nSPS) is 10.4. The van der Waals surface area contributed by atoms with Gasteiger partial charge < -0.3 is 11.1 Å². The first-order chi connectivity index (χ1) is 9.24. The van der Waals surface area contributed by atoms with Crippen molar-refractivity contribution in [3.05, 3.63) is 18.3 Å². The van der Waals surface area contributed by atoms with Crippen LogP contribution in [0.2, 0.25) is 0 Å². The van der Waals surface area contributed by atoms with Gasteiger partial charge in [0.15, 0.2) is 5.82 Å². The van der Waals surface area contributed by atoms with Crippen LogP contribution in [0.4, 0.5) is 11.5 Å². The maximum atomic E-state index is 11.7. The Kier molecular flexibility index (Phi) is 7.63. The molecule has 4 heteroatoms. The van der Waals surface area contributed by atoms with Crippen LogP contribution in [-0.2, 0) is 4.79 Å². The van der Waals surface area contributed by atoms with Crippen molar-refractivity contribution in [2.24, 2.45) is 0 Å². The highest BCUT2D eigenvalue weighted by atomic mass is 16.1. The van der Waals surface area contributed by atoms with Gasteiger partial charge in [-0.05, 0) is 18.6 Å². The lowest BCUT2D eigenvalue weighted by atomic mass is 10.1. The lowest BCUT2D eigenvalue weighted by molar-refractivity contribution is -0.116. The zero-order valence-electron chi connectivity index (χ0n) is 11.8. The molecule has 0 fully saturated rings. The van der Waals surface area contributed by atoms with Gasteiger partial charge in [-0.1, -0.05) is 45.4 Å². The molecule has 4 nitrogen and oxygen atoms in total. The number of nitrogens with two attached hydrogens (primary N) is 1. The second-order valence-corrected chi connectivity index (χ2v) is 4.86. The van der Waals surface area contributed by atoms with E-state index in [-0.39, 0.29) is 5.91 Å². The first-order valence-electron chi connectivity index (χ1n) is 7.24. The van der Waals surface area contributed by atoms with E-state index < -0.39 is 0 Å². The Morgan fingerprint density at radius 1 is 1.21 bits per heavy atom. The van der Waals surface area contributed by atoms with Gasteiger partial charge in [0.1, 0.15) is 0 Å². The van der Waals surface area contributed by atoms with Gasteiger partial charge in [0.05, 0.1) is 5.69 Å². The van der Waals surface area contributed by atoms with Gasteiger partial charge in [0.25, 0.3) is 0 Å². The molecule has 0 aliphatic carbocycles. The van der Waals surface area contributed by atoms with Crippen molar-refractivity contribution in [1.82, 2.24) is 4.98 Å². The lowest BCUT2D eigenvalue weighted by Gasteiger charge is -2.06. The first kappa shape index (κ1) is 15.5. The fraction of sp³-hybridized carbons (Fsp3) is 0.600. The third-order valence-corrected chi connectivity index (χ3v) is 3.10. The van der Waals surface area contributed by atoms with Gasteiger partial charge in [-0.25, -0.2) is 4.98 Å². The smallest absolute Gasteiger partial charge is 0.225 e. The van der Waals surface area contributed by atoms with Crippen LogP contribution < -0.4 is 11.1 Å². The van der Waals surface area contributed by atoms with Crippen LogP contribution in [0.3, 0.4) is 0 Å². The molecular formula is C15H25N3O. The lowest BCUT2D eigenvalue weighted by Crippen LogP contribution is -2.13. The second kappa shape index (κ2) is 9.36. The Balaban J connectivity index is 2.10. The largest absolute Gasteiger partial charge is 0.396 e. The van der Waals surface area contributed by atoms with E-state index in [4.69, 9.17) is 5.73 Å². The highest BCUT2D eigenvalue weighted by Gasteiger charge is 2.05. The molecule has 1 aromatic heterocycles. The van der Waals surface area contributed by atoms with Gasteiger partial charge in [0, 0.05) is 12.6 Å². The number of unbranched alkanes of at least 4 members (excludes halogenated alkanes) is 6. The number of rotatable bonds is 9. The summed E-state index contributed by atoms with van der Waals surface area (Å²) in [6.45, 7) is 2.22. The Hall–Kier alpha value is -1.58. The number of amides is 1. The minimum atomic E-state index is -0.000965. The third-order valence-electron chi connectivity index (χ3n) is 3.10. The zero-order valence-corrected chi connectivity index (χ0v) is 11.8. The molecule has 3 N–H and O–H groups in total. The number of carbonyl (C=O) groups excluding carboxylic acids is 1. The summed E-state index contributed by atoms with van der Waals surface area (Å²) in [7, 11) is 0. The van der Waals surface area contributed by atoms with E-state index in [1.165, 1.54) is 32.1 Å². The molecule has 0 aliphatic heterocycles. The molecule has 1 amide bonds. The van der Waals surface area contributed by atoms with Gasteiger partial charge >= 0.3 is 0 Å². The van der Waals surface area contributed by atoms with Crippen LogP contribution >= 0.6 is 0 Å². The summed E-state index contributed by atoms with van der Waals surface area (Å²) in [5.41, 5.74) is 6.22. The van der Waals surface area contributed by atoms with E-state index in [9.17, 15) is 4.79 Å². The monoisotopic (exact) mass is 263 g/mol. The van der Waals surface area contributed by atoms with Crippen molar-refractivity contribution in [1.29, 1.82) is 0 Å². The van der Waals surface area contributed by atoms with Crippen molar-refractivity contribution in [2.75, 3.05) is 11.1 Å². The molecule has 0 aliphatic rings. The molecule has 0 aromatic carbocycles. The van der Waals surface area contributed by atoms with E-state index in [1.54, 1.807) is 18.3 Å². The molecule has 0 bridgehead atoms. The fourth-order valence-electron chi connectivity index (χ4n) is 1.96. The minimum Gasteiger partial charge on any atom is -0.396 e. The molecular weight excluding hydrogens is 238 g/mol. The van der Waals surface area contributed by atoms with Crippen molar-refractivity contribution in [3.63, 3.8) is 0 Å². The number of hydrogen-bond donors (Lipinski definition) is 2. The summed E-state index contributed by atoms with van der Waals surface area (Å²) >= 11 is 0. The standard InChI is InChI=1S/C15H25N3O/c1-2-3-4-5-6-7-8-11-14(19)18-15-13(16)10-9-12-17-15/h9-10,12H,2-8,11,16H2,1H3,(H,17,18,19). The highest BCUT2D eigenvalue weighted by Crippen LogP contribution is 2.14. The first-order valence-corrected chi connectivity index (χ1v) is 7.24. The quantitative estimate of drug-likeness (QED) is 0.667. The molecule has 0 saturated heterocycles. The van der Waals surface area contributed by atoms with Crippen LogP contribution in [0.15, 0.2) is 18.3 Å². The van der Waals surface area contributed by atoms with Gasteiger partial charge in [-0.2, -0.15) is 0 Å². The van der Waals surface area contributed by atoms with Crippen LogP contribution in [0.25, 0.3) is 0 Å². The number of anilines is 2. The number of nitrogen functional groups attached to an aromatic ring is 1. The molecule has 19 heavy (non-hydrogen) atoms. The SMILES string of the molecule is CCCCCCCCCC(=O)Nc1ncccc1N. The van der Waals surface area contributed by atoms with Gasteiger partial charge in [0.2, 0.25) is 5.91 Å². The third kappa shape index (κ3) is 6.79. The number of hydrogen-bond acceptors (Lipinski definition) is 3. The average molecular weight is 263 g/mol. The molecule has 1 rings (SSSR count). The van der Waals surface area contributed by atoms with Gasteiger partial charge in [-0.3, -0.25) is 4.79 Å². The average Bonchev–Trinajstić information content (AvgIpc) is 2.40. The minimum absolute atomic E-state index is 0.000965. The van der Waals surface area contributed by atoms with E-state index in [0.717, 1.165) is 12.8 Å². The van der Waals surface area contributed by atoms with E-state index in [2.05, 4.69) is 17.2 Å². The second-order valence-electron chi connectivity index (χ2n) is 4.86. The topological polar surface area (TPSA) is 68.0 Å². The van der Waals surface area contributed by atoms with Gasteiger partial charge in [-0.15, -0.1) is 0 Å². The van der Waals surface area contributed by atoms with Crippen molar-refractivity contribution in [2.45, 2.75) is 58.3 Å². The number of nitrogens with one attached hydrogen (secondary N) is 1. The Labute approximate surface area is 115 Å².